The summed E-state index contributed by atoms with van der Waals surface area (Å²) in [6, 6.07) is 14.0. The molecule has 1 aliphatic heterocycles. The van der Waals surface area contributed by atoms with Crippen LogP contribution in [0.2, 0.25) is 0 Å². The first-order chi connectivity index (χ1) is 10.0. The molecule has 0 bridgehead atoms. The number of amides is 1. The minimum atomic E-state index is -1.02. The zero-order valence-corrected chi connectivity index (χ0v) is 11.4. The maximum absolute atomic E-state index is 12.4. The van der Waals surface area contributed by atoms with Gasteiger partial charge in [0.25, 0.3) is 5.91 Å². The van der Waals surface area contributed by atoms with Crippen LogP contribution >= 0.6 is 0 Å². The third kappa shape index (κ3) is 2.12. The predicted molar refractivity (Wildman–Crippen MR) is 79.4 cm³/mol. The van der Waals surface area contributed by atoms with Crippen LogP contribution in [0.4, 0.5) is 11.4 Å². The monoisotopic (exact) mass is 282 g/mol. The average Bonchev–Trinajstić information content (AvgIpc) is 2.49. The Hall–Kier alpha value is -2.82. The summed E-state index contributed by atoms with van der Waals surface area (Å²) in [5, 5.41) is 15.0. The first-order valence-corrected chi connectivity index (χ1v) is 6.53. The molecule has 3 N–H and O–H groups in total. The fourth-order valence-corrected chi connectivity index (χ4v) is 2.44. The molecule has 0 aliphatic carbocycles. The van der Waals surface area contributed by atoms with E-state index in [-0.39, 0.29) is 11.5 Å². The van der Waals surface area contributed by atoms with Crippen molar-refractivity contribution in [2.45, 2.75) is 12.5 Å². The number of rotatable bonds is 2. The Morgan fingerprint density at radius 2 is 1.81 bits per heavy atom. The second-order valence-corrected chi connectivity index (χ2v) is 5.14. The van der Waals surface area contributed by atoms with E-state index in [1.165, 1.54) is 12.1 Å². The topological polar surface area (TPSA) is 78.4 Å². The molecule has 0 radical (unpaired) electrons. The van der Waals surface area contributed by atoms with Gasteiger partial charge in [0.15, 0.2) is 0 Å². The van der Waals surface area contributed by atoms with Crippen LogP contribution in [0.3, 0.4) is 0 Å². The second-order valence-electron chi connectivity index (χ2n) is 5.14. The van der Waals surface area contributed by atoms with Gasteiger partial charge in [-0.3, -0.25) is 4.79 Å². The molecule has 0 spiro atoms. The number of carbonyl (C=O) groups is 2. The average molecular weight is 282 g/mol. The van der Waals surface area contributed by atoms with Gasteiger partial charge < -0.3 is 15.7 Å². The van der Waals surface area contributed by atoms with Crippen molar-refractivity contribution in [1.29, 1.82) is 0 Å². The van der Waals surface area contributed by atoms with Gasteiger partial charge in [-0.05, 0) is 30.7 Å². The molecule has 1 atom stereocenters. The summed E-state index contributed by atoms with van der Waals surface area (Å²) in [4.78, 5) is 23.4. The Labute approximate surface area is 121 Å². The zero-order valence-electron chi connectivity index (χ0n) is 11.4. The number of fused-ring (bicyclic) bond motifs is 1. The molecule has 2 aromatic rings. The van der Waals surface area contributed by atoms with E-state index in [0.717, 1.165) is 5.56 Å². The van der Waals surface area contributed by atoms with Gasteiger partial charge in [-0.25, -0.2) is 4.79 Å². The molecule has 1 unspecified atom stereocenters. The van der Waals surface area contributed by atoms with E-state index >= 15 is 0 Å². The molecule has 1 aliphatic rings. The Balaban J connectivity index is 2.04. The summed E-state index contributed by atoms with van der Waals surface area (Å²) in [6.45, 7) is 1.80. The van der Waals surface area contributed by atoms with Gasteiger partial charge in [0.2, 0.25) is 0 Å². The number of nitrogens with one attached hydrogen (secondary N) is 2. The molecule has 5 heteroatoms. The van der Waals surface area contributed by atoms with E-state index < -0.39 is 11.5 Å². The molecule has 0 saturated heterocycles. The van der Waals surface area contributed by atoms with Crippen molar-refractivity contribution < 1.29 is 14.7 Å². The maximum Gasteiger partial charge on any atom is 0.335 e. The number of carboxylic acids is 1. The van der Waals surface area contributed by atoms with Crippen LogP contribution in [0.1, 0.15) is 22.8 Å². The fourth-order valence-electron chi connectivity index (χ4n) is 2.44. The highest BCUT2D eigenvalue weighted by Crippen LogP contribution is 2.36. The lowest BCUT2D eigenvalue weighted by Gasteiger charge is -2.36. The van der Waals surface area contributed by atoms with Gasteiger partial charge in [0, 0.05) is 0 Å². The lowest BCUT2D eigenvalue weighted by Crippen LogP contribution is -2.47. The number of benzene rings is 2. The molecule has 106 valence electrons. The van der Waals surface area contributed by atoms with E-state index in [0.29, 0.717) is 11.4 Å². The highest BCUT2D eigenvalue weighted by atomic mass is 16.4. The second kappa shape index (κ2) is 4.63. The Morgan fingerprint density at radius 1 is 1.10 bits per heavy atom. The summed E-state index contributed by atoms with van der Waals surface area (Å²) in [6.07, 6.45) is 0. The van der Waals surface area contributed by atoms with Crippen LogP contribution in [-0.4, -0.2) is 17.0 Å². The largest absolute Gasteiger partial charge is 0.478 e. The van der Waals surface area contributed by atoms with Crippen molar-refractivity contribution in [3.05, 3.63) is 59.7 Å². The molecule has 5 nitrogen and oxygen atoms in total. The minimum Gasteiger partial charge on any atom is -0.478 e. The van der Waals surface area contributed by atoms with Crippen LogP contribution in [0.15, 0.2) is 48.5 Å². The van der Waals surface area contributed by atoms with E-state index in [9.17, 15) is 9.59 Å². The van der Waals surface area contributed by atoms with Crippen LogP contribution in [0, 0.1) is 0 Å². The number of anilines is 2. The zero-order chi connectivity index (χ0) is 15.0. The lowest BCUT2D eigenvalue weighted by molar-refractivity contribution is -0.120. The van der Waals surface area contributed by atoms with Crippen molar-refractivity contribution in [2.24, 2.45) is 0 Å². The SMILES string of the molecule is CC1(c2ccccc2)Nc2ccc(C(=O)O)cc2NC1=O. The summed E-state index contributed by atoms with van der Waals surface area (Å²) in [7, 11) is 0. The Kier molecular flexibility index (Phi) is 2.90. The van der Waals surface area contributed by atoms with Crippen molar-refractivity contribution in [3.63, 3.8) is 0 Å². The molecule has 21 heavy (non-hydrogen) atoms. The van der Waals surface area contributed by atoms with Crippen LogP contribution < -0.4 is 10.6 Å². The fraction of sp³-hybridized carbons (Fsp3) is 0.125. The van der Waals surface area contributed by atoms with Gasteiger partial charge >= 0.3 is 5.97 Å². The number of hydrogen-bond acceptors (Lipinski definition) is 3. The first-order valence-electron chi connectivity index (χ1n) is 6.53. The Morgan fingerprint density at radius 3 is 2.48 bits per heavy atom. The van der Waals surface area contributed by atoms with E-state index in [1.54, 1.807) is 13.0 Å². The lowest BCUT2D eigenvalue weighted by atomic mass is 9.88. The number of hydrogen-bond donors (Lipinski definition) is 3. The molecular weight excluding hydrogens is 268 g/mol. The predicted octanol–water partition coefficient (Wildman–Crippen LogP) is 2.66. The van der Waals surface area contributed by atoms with E-state index in [4.69, 9.17) is 5.11 Å². The molecule has 0 saturated carbocycles. The van der Waals surface area contributed by atoms with Crippen molar-refractivity contribution >= 4 is 23.3 Å². The van der Waals surface area contributed by atoms with E-state index in [2.05, 4.69) is 10.6 Å². The molecule has 2 aromatic carbocycles. The highest BCUT2D eigenvalue weighted by Gasteiger charge is 2.39. The summed E-state index contributed by atoms with van der Waals surface area (Å²) >= 11 is 0. The Bertz CT molecular complexity index is 728. The smallest absolute Gasteiger partial charge is 0.335 e. The summed E-state index contributed by atoms with van der Waals surface area (Å²) in [5.74, 6) is -1.24. The molecule has 3 rings (SSSR count). The highest BCUT2D eigenvalue weighted by molar-refractivity contribution is 6.07. The maximum atomic E-state index is 12.4. The van der Waals surface area contributed by atoms with Gasteiger partial charge in [-0.15, -0.1) is 0 Å². The summed E-state index contributed by atoms with van der Waals surface area (Å²) < 4.78 is 0. The molecule has 0 aromatic heterocycles. The van der Waals surface area contributed by atoms with Gasteiger partial charge in [-0.2, -0.15) is 0 Å². The minimum absolute atomic E-state index is 0.138. The number of carboxylic acid groups (broad SMARTS) is 1. The van der Waals surface area contributed by atoms with Gasteiger partial charge in [0.1, 0.15) is 5.54 Å². The normalized spacial score (nSPS) is 20.1. The first kappa shape index (κ1) is 13.2. The standard InChI is InChI=1S/C16H14N2O3/c1-16(11-5-3-2-4-6-11)15(21)17-13-9-10(14(19)20)7-8-12(13)18-16/h2-9,18H,1H3,(H,17,21)(H,19,20). The van der Waals surface area contributed by atoms with Crippen molar-refractivity contribution in [3.8, 4) is 0 Å². The van der Waals surface area contributed by atoms with Crippen LogP contribution in [0.25, 0.3) is 0 Å². The van der Waals surface area contributed by atoms with Gasteiger partial charge in [0.05, 0.1) is 16.9 Å². The van der Waals surface area contributed by atoms with E-state index in [1.807, 2.05) is 30.3 Å². The molecular formula is C16H14N2O3. The molecule has 1 heterocycles. The van der Waals surface area contributed by atoms with Crippen molar-refractivity contribution in [1.82, 2.24) is 0 Å². The van der Waals surface area contributed by atoms with Gasteiger partial charge in [-0.1, -0.05) is 30.3 Å². The molecule has 0 fully saturated rings. The molecule has 1 amide bonds. The third-order valence-electron chi connectivity index (χ3n) is 3.70. The quantitative estimate of drug-likeness (QED) is 0.791. The number of aromatic carboxylic acids is 1. The van der Waals surface area contributed by atoms with Crippen molar-refractivity contribution in [2.75, 3.05) is 10.6 Å². The summed E-state index contributed by atoms with van der Waals surface area (Å²) in [5.41, 5.74) is 1.27. The third-order valence-corrected chi connectivity index (χ3v) is 3.70. The number of carbonyl (C=O) groups excluding carboxylic acids is 1. The van der Waals surface area contributed by atoms with Crippen LogP contribution in [-0.2, 0) is 10.3 Å². The van der Waals surface area contributed by atoms with Crippen LogP contribution in [0.5, 0.6) is 0 Å².